The zero-order valence-electron chi connectivity index (χ0n) is 17.0. The van der Waals surface area contributed by atoms with Crippen molar-refractivity contribution in [3.63, 3.8) is 0 Å². The minimum absolute atomic E-state index is 0.0187. The third-order valence-electron chi connectivity index (χ3n) is 5.28. The highest BCUT2D eigenvalue weighted by Gasteiger charge is 2.31. The van der Waals surface area contributed by atoms with Gasteiger partial charge in [0.15, 0.2) is 17.3 Å². The van der Waals surface area contributed by atoms with Crippen LogP contribution in [0.3, 0.4) is 0 Å². The van der Waals surface area contributed by atoms with Crippen LogP contribution in [-0.4, -0.2) is 46.6 Å². The van der Waals surface area contributed by atoms with Gasteiger partial charge in [0.1, 0.15) is 17.7 Å². The van der Waals surface area contributed by atoms with E-state index in [4.69, 9.17) is 15.7 Å². The number of hydrogen-bond donors (Lipinski definition) is 1. The van der Waals surface area contributed by atoms with Crippen molar-refractivity contribution in [1.29, 1.82) is 5.26 Å². The van der Waals surface area contributed by atoms with Crippen molar-refractivity contribution in [3.05, 3.63) is 65.2 Å². The van der Waals surface area contributed by atoms with Gasteiger partial charge in [-0.3, -0.25) is 9.36 Å². The minimum atomic E-state index is -1.03. The SMILES string of the molecule is COc1ccc(-n2c(-c3ccc(C#N)c(F)c3)nc(C(=O)N3CC[C@@H](N)C3)c2F)cc1F. The van der Waals surface area contributed by atoms with E-state index in [1.165, 1.54) is 36.3 Å². The number of imidazole rings is 1. The number of carbonyl (C=O) groups is 1. The van der Waals surface area contributed by atoms with E-state index in [-0.39, 0.29) is 41.0 Å². The number of aromatic nitrogens is 2. The van der Waals surface area contributed by atoms with Crippen LogP contribution in [0, 0.1) is 28.9 Å². The fourth-order valence-electron chi connectivity index (χ4n) is 3.63. The smallest absolute Gasteiger partial charge is 0.277 e. The van der Waals surface area contributed by atoms with Crippen molar-refractivity contribution in [3.8, 4) is 28.9 Å². The van der Waals surface area contributed by atoms with Gasteiger partial charge in [0.05, 0.1) is 18.4 Å². The van der Waals surface area contributed by atoms with E-state index >= 15 is 4.39 Å². The topological polar surface area (TPSA) is 97.2 Å². The van der Waals surface area contributed by atoms with Crippen LogP contribution in [0.2, 0.25) is 0 Å². The van der Waals surface area contributed by atoms with Crippen molar-refractivity contribution < 1.29 is 22.7 Å². The Hall–Kier alpha value is -3.84. The maximum Gasteiger partial charge on any atom is 0.277 e. The number of nitrogens with zero attached hydrogens (tertiary/aromatic N) is 4. The van der Waals surface area contributed by atoms with E-state index in [9.17, 15) is 13.6 Å². The predicted molar refractivity (Wildman–Crippen MR) is 109 cm³/mol. The molecule has 4 rings (SSSR count). The van der Waals surface area contributed by atoms with Crippen LogP contribution >= 0.6 is 0 Å². The molecule has 2 N–H and O–H groups in total. The molecule has 2 heterocycles. The molecule has 32 heavy (non-hydrogen) atoms. The van der Waals surface area contributed by atoms with Crippen LogP contribution < -0.4 is 10.5 Å². The second-order valence-electron chi connectivity index (χ2n) is 7.34. The Balaban J connectivity index is 1.89. The molecule has 1 saturated heterocycles. The molecule has 0 saturated carbocycles. The average Bonchev–Trinajstić information content (AvgIpc) is 3.36. The number of nitriles is 1. The van der Waals surface area contributed by atoms with Crippen molar-refractivity contribution >= 4 is 5.91 Å². The van der Waals surface area contributed by atoms with E-state index in [1.807, 2.05) is 0 Å². The van der Waals surface area contributed by atoms with E-state index < -0.39 is 29.2 Å². The highest BCUT2D eigenvalue weighted by Crippen LogP contribution is 2.30. The molecular weight excluding hydrogens is 423 g/mol. The first-order chi connectivity index (χ1) is 15.3. The zero-order valence-corrected chi connectivity index (χ0v) is 17.0. The highest BCUT2D eigenvalue weighted by atomic mass is 19.1. The number of amides is 1. The summed E-state index contributed by atoms with van der Waals surface area (Å²) in [5.74, 6) is -3.46. The van der Waals surface area contributed by atoms with E-state index in [0.29, 0.717) is 13.0 Å². The first kappa shape index (κ1) is 21.4. The van der Waals surface area contributed by atoms with E-state index in [0.717, 1.165) is 16.7 Å². The normalized spacial score (nSPS) is 15.6. The van der Waals surface area contributed by atoms with Gasteiger partial charge in [0.25, 0.3) is 5.91 Å². The number of halogens is 3. The number of nitrogens with two attached hydrogens (primary N) is 1. The Bertz CT molecular complexity index is 1250. The molecule has 1 aliphatic heterocycles. The molecule has 1 aliphatic rings. The molecule has 1 amide bonds. The standard InChI is InChI=1S/C22H18F3N5O2/c1-32-18-5-4-15(9-17(18)24)30-20(25)19(22(31)29-7-6-14(27)11-29)28-21(30)12-2-3-13(10-26)16(23)8-12/h2-5,8-9,14H,6-7,11,27H2,1H3/t14-/m1/s1. The lowest BCUT2D eigenvalue weighted by atomic mass is 10.1. The van der Waals surface area contributed by atoms with Gasteiger partial charge in [-0.1, -0.05) is 0 Å². The number of methoxy groups -OCH3 is 1. The van der Waals surface area contributed by atoms with Crippen molar-refractivity contribution in [2.75, 3.05) is 20.2 Å². The third-order valence-corrected chi connectivity index (χ3v) is 5.28. The van der Waals surface area contributed by atoms with Crippen LogP contribution in [0.25, 0.3) is 17.1 Å². The van der Waals surface area contributed by atoms with Gasteiger partial charge >= 0.3 is 0 Å². The van der Waals surface area contributed by atoms with Crippen molar-refractivity contribution in [1.82, 2.24) is 14.5 Å². The van der Waals surface area contributed by atoms with Crippen LogP contribution in [0.1, 0.15) is 22.5 Å². The molecule has 0 spiro atoms. The number of likely N-dealkylation sites (tertiary alicyclic amines) is 1. The van der Waals surface area contributed by atoms with Crippen LogP contribution in [-0.2, 0) is 0 Å². The third kappa shape index (κ3) is 3.67. The van der Waals surface area contributed by atoms with Gasteiger partial charge in [0, 0.05) is 30.8 Å². The molecule has 1 fully saturated rings. The lowest BCUT2D eigenvalue weighted by molar-refractivity contribution is 0.0780. The monoisotopic (exact) mass is 441 g/mol. The number of ether oxygens (including phenoxy) is 1. The summed E-state index contributed by atoms with van der Waals surface area (Å²) in [6.07, 6.45) is 0.575. The number of carbonyl (C=O) groups excluding carboxylic acids is 1. The second-order valence-corrected chi connectivity index (χ2v) is 7.34. The lowest BCUT2D eigenvalue weighted by Crippen LogP contribution is -2.32. The Labute approximate surface area is 181 Å². The molecule has 0 radical (unpaired) electrons. The Kier molecular flexibility index (Phi) is 5.59. The molecule has 10 heteroatoms. The fourth-order valence-corrected chi connectivity index (χ4v) is 3.63. The zero-order chi connectivity index (χ0) is 23.0. The van der Waals surface area contributed by atoms with Gasteiger partial charge in [-0.25, -0.2) is 13.8 Å². The molecule has 164 valence electrons. The Morgan fingerprint density at radius 1 is 1.22 bits per heavy atom. The molecular formula is C22H18F3N5O2. The van der Waals surface area contributed by atoms with Crippen LogP contribution in [0.4, 0.5) is 13.2 Å². The number of hydrogen-bond acceptors (Lipinski definition) is 5. The molecule has 2 aromatic carbocycles. The largest absolute Gasteiger partial charge is 0.494 e. The molecule has 0 bridgehead atoms. The minimum Gasteiger partial charge on any atom is -0.494 e. The van der Waals surface area contributed by atoms with Crippen LogP contribution in [0.15, 0.2) is 36.4 Å². The van der Waals surface area contributed by atoms with Gasteiger partial charge < -0.3 is 15.4 Å². The summed E-state index contributed by atoms with van der Waals surface area (Å²) in [6, 6.07) is 8.80. The fraction of sp³-hybridized carbons (Fsp3) is 0.227. The summed E-state index contributed by atoms with van der Waals surface area (Å²) in [5, 5.41) is 8.97. The van der Waals surface area contributed by atoms with Gasteiger partial charge in [0.2, 0.25) is 5.95 Å². The molecule has 1 atom stereocenters. The Morgan fingerprint density at radius 3 is 2.59 bits per heavy atom. The second kappa shape index (κ2) is 8.36. The van der Waals surface area contributed by atoms with Crippen molar-refractivity contribution in [2.45, 2.75) is 12.5 Å². The van der Waals surface area contributed by atoms with E-state index in [2.05, 4.69) is 4.98 Å². The lowest BCUT2D eigenvalue weighted by Gasteiger charge is -2.14. The molecule has 1 aromatic heterocycles. The number of rotatable bonds is 4. The average molecular weight is 441 g/mol. The predicted octanol–water partition coefficient (Wildman–Crippen LogP) is 3.01. The summed E-state index contributed by atoms with van der Waals surface area (Å²) >= 11 is 0. The first-order valence-electron chi connectivity index (χ1n) is 9.71. The van der Waals surface area contributed by atoms with Gasteiger partial charge in [-0.05, 0) is 36.8 Å². The quantitative estimate of drug-likeness (QED) is 0.671. The molecule has 3 aromatic rings. The summed E-state index contributed by atoms with van der Waals surface area (Å²) < 4.78 is 50.0. The molecule has 7 nitrogen and oxygen atoms in total. The maximum atomic E-state index is 15.5. The first-order valence-corrected chi connectivity index (χ1v) is 9.71. The van der Waals surface area contributed by atoms with Gasteiger partial charge in [-0.15, -0.1) is 0 Å². The van der Waals surface area contributed by atoms with Gasteiger partial charge in [-0.2, -0.15) is 9.65 Å². The van der Waals surface area contributed by atoms with Crippen molar-refractivity contribution in [2.24, 2.45) is 5.73 Å². The summed E-state index contributed by atoms with van der Waals surface area (Å²) in [5.41, 5.74) is 5.28. The van der Waals surface area contributed by atoms with E-state index in [1.54, 1.807) is 6.07 Å². The maximum absolute atomic E-state index is 15.5. The number of benzene rings is 2. The summed E-state index contributed by atoms with van der Waals surface area (Å²) in [4.78, 5) is 18.5. The summed E-state index contributed by atoms with van der Waals surface area (Å²) in [7, 11) is 1.29. The summed E-state index contributed by atoms with van der Waals surface area (Å²) in [6.45, 7) is 0.605. The molecule has 0 unspecified atom stereocenters. The Morgan fingerprint density at radius 2 is 2.00 bits per heavy atom. The molecule has 0 aliphatic carbocycles. The van der Waals surface area contributed by atoms with Crippen LogP contribution in [0.5, 0.6) is 5.75 Å². The highest BCUT2D eigenvalue weighted by molar-refractivity contribution is 5.93.